The number of sulfonamides is 1. The van der Waals surface area contributed by atoms with Crippen LogP contribution in [0.1, 0.15) is 22.0 Å². The van der Waals surface area contributed by atoms with E-state index >= 15 is 0 Å². The highest BCUT2D eigenvalue weighted by Gasteiger charge is 2.20. The predicted octanol–water partition coefficient (Wildman–Crippen LogP) is 3.80. The first-order chi connectivity index (χ1) is 15.2. The van der Waals surface area contributed by atoms with Gasteiger partial charge in [0.15, 0.2) is 0 Å². The lowest BCUT2D eigenvalue weighted by atomic mass is 10.1. The predicted molar refractivity (Wildman–Crippen MR) is 119 cm³/mol. The van der Waals surface area contributed by atoms with E-state index in [1.54, 1.807) is 12.1 Å². The molecule has 0 aliphatic carbocycles. The van der Waals surface area contributed by atoms with Gasteiger partial charge in [0.25, 0.3) is 15.9 Å². The molecule has 0 aliphatic rings. The lowest BCUT2D eigenvalue weighted by Crippen LogP contribution is -2.34. The molecule has 0 saturated heterocycles. The molecular formula is C23H23F2N3O3S. The fourth-order valence-corrected chi connectivity index (χ4v) is 4.24. The highest BCUT2D eigenvalue weighted by atomic mass is 32.2. The number of likely N-dealkylation sites (N-methyl/N-ethyl adjacent to an activating group) is 1. The van der Waals surface area contributed by atoms with Crippen LogP contribution in [0.15, 0.2) is 77.7 Å². The average molecular weight is 460 g/mol. The van der Waals surface area contributed by atoms with Crippen LogP contribution in [0.5, 0.6) is 0 Å². The van der Waals surface area contributed by atoms with Crippen LogP contribution in [0.2, 0.25) is 0 Å². The third-order valence-electron chi connectivity index (χ3n) is 4.86. The van der Waals surface area contributed by atoms with Gasteiger partial charge in [-0.3, -0.25) is 9.52 Å². The van der Waals surface area contributed by atoms with E-state index in [9.17, 15) is 22.0 Å². The first-order valence-corrected chi connectivity index (χ1v) is 11.2. The normalized spacial score (nSPS) is 12.4. The number of hydrogen-bond donors (Lipinski definition) is 2. The van der Waals surface area contributed by atoms with E-state index in [1.807, 2.05) is 19.0 Å². The number of nitrogens with one attached hydrogen (secondary N) is 2. The molecule has 0 heterocycles. The molecule has 32 heavy (non-hydrogen) atoms. The molecule has 9 heteroatoms. The fourth-order valence-electron chi connectivity index (χ4n) is 3.13. The van der Waals surface area contributed by atoms with Crippen molar-refractivity contribution in [2.45, 2.75) is 10.9 Å². The first-order valence-electron chi connectivity index (χ1n) is 9.75. The van der Waals surface area contributed by atoms with Gasteiger partial charge >= 0.3 is 0 Å². The molecule has 3 aromatic rings. The first kappa shape index (κ1) is 23.4. The third kappa shape index (κ3) is 5.68. The van der Waals surface area contributed by atoms with E-state index in [1.165, 1.54) is 54.6 Å². The summed E-state index contributed by atoms with van der Waals surface area (Å²) in [6.07, 6.45) is 0. The Morgan fingerprint density at radius 2 is 1.66 bits per heavy atom. The van der Waals surface area contributed by atoms with E-state index in [2.05, 4.69) is 10.0 Å². The van der Waals surface area contributed by atoms with Crippen LogP contribution in [0.3, 0.4) is 0 Å². The molecule has 0 spiro atoms. The van der Waals surface area contributed by atoms with Crippen LogP contribution in [-0.2, 0) is 10.0 Å². The van der Waals surface area contributed by atoms with E-state index in [0.717, 1.165) is 11.6 Å². The summed E-state index contributed by atoms with van der Waals surface area (Å²) in [6, 6.07) is 16.7. The summed E-state index contributed by atoms with van der Waals surface area (Å²) in [4.78, 5) is 14.4. The largest absolute Gasteiger partial charge is 0.350 e. The molecule has 2 N–H and O–H groups in total. The van der Waals surface area contributed by atoms with Gasteiger partial charge in [0, 0.05) is 12.1 Å². The molecule has 1 amide bonds. The minimum absolute atomic E-state index is 0.137. The minimum Gasteiger partial charge on any atom is -0.350 e. The molecule has 3 rings (SSSR count). The zero-order chi connectivity index (χ0) is 23.3. The second-order valence-electron chi connectivity index (χ2n) is 7.35. The fraction of sp³-hybridized carbons (Fsp3) is 0.174. The summed E-state index contributed by atoms with van der Waals surface area (Å²) < 4.78 is 54.5. The van der Waals surface area contributed by atoms with Gasteiger partial charge in [-0.2, -0.15) is 0 Å². The Kier molecular flexibility index (Phi) is 7.22. The summed E-state index contributed by atoms with van der Waals surface area (Å²) >= 11 is 0. The Labute approximate surface area is 185 Å². The number of anilines is 1. The van der Waals surface area contributed by atoms with Gasteiger partial charge in [-0.25, -0.2) is 17.2 Å². The van der Waals surface area contributed by atoms with Crippen molar-refractivity contribution in [1.82, 2.24) is 10.2 Å². The molecule has 3 aromatic carbocycles. The number of benzene rings is 3. The van der Waals surface area contributed by atoms with Crippen molar-refractivity contribution in [1.29, 1.82) is 0 Å². The molecule has 0 radical (unpaired) electrons. The van der Waals surface area contributed by atoms with Crippen LogP contribution < -0.4 is 10.0 Å². The molecule has 168 valence electrons. The SMILES string of the molecule is CN(C)C(CNC(=O)c1cccc(S(=O)(=O)Nc2ccccc2F)c1)c1ccc(F)cc1. The Bertz CT molecular complexity index is 1200. The summed E-state index contributed by atoms with van der Waals surface area (Å²) in [5, 5.41) is 2.78. The Hall–Kier alpha value is -3.30. The van der Waals surface area contributed by atoms with Crippen LogP contribution in [0.4, 0.5) is 14.5 Å². The Morgan fingerprint density at radius 3 is 2.31 bits per heavy atom. The van der Waals surface area contributed by atoms with Crippen molar-refractivity contribution < 1.29 is 22.0 Å². The maximum absolute atomic E-state index is 13.8. The molecule has 1 atom stereocenters. The second-order valence-corrected chi connectivity index (χ2v) is 9.04. The van der Waals surface area contributed by atoms with Crippen molar-refractivity contribution in [3.8, 4) is 0 Å². The van der Waals surface area contributed by atoms with Crippen LogP contribution in [0.25, 0.3) is 0 Å². The number of carbonyl (C=O) groups is 1. The maximum atomic E-state index is 13.8. The topological polar surface area (TPSA) is 78.5 Å². The van der Waals surface area contributed by atoms with Gasteiger partial charge in [0.1, 0.15) is 11.6 Å². The van der Waals surface area contributed by atoms with Crippen molar-refractivity contribution in [2.24, 2.45) is 0 Å². The number of carbonyl (C=O) groups excluding carboxylic acids is 1. The van der Waals surface area contributed by atoms with E-state index in [4.69, 9.17) is 0 Å². The lowest BCUT2D eigenvalue weighted by Gasteiger charge is -2.25. The van der Waals surface area contributed by atoms with Gasteiger partial charge < -0.3 is 10.2 Å². The van der Waals surface area contributed by atoms with Gasteiger partial charge in [-0.1, -0.05) is 30.3 Å². The van der Waals surface area contributed by atoms with E-state index < -0.39 is 21.7 Å². The summed E-state index contributed by atoms with van der Waals surface area (Å²) in [5.41, 5.74) is 0.774. The molecule has 0 bridgehead atoms. The van der Waals surface area contributed by atoms with Gasteiger partial charge in [0.2, 0.25) is 0 Å². The molecule has 6 nitrogen and oxygen atoms in total. The van der Waals surface area contributed by atoms with Gasteiger partial charge in [-0.05, 0) is 62.1 Å². The van der Waals surface area contributed by atoms with Crippen LogP contribution in [-0.4, -0.2) is 39.9 Å². The summed E-state index contributed by atoms with van der Waals surface area (Å²) in [6.45, 7) is 0.224. The quantitative estimate of drug-likeness (QED) is 0.537. The summed E-state index contributed by atoms with van der Waals surface area (Å²) in [7, 11) is -0.427. The molecule has 0 aromatic heterocycles. The smallest absolute Gasteiger partial charge is 0.262 e. The average Bonchev–Trinajstić information content (AvgIpc) is 2.76. The number of nitrogens with zero attached hydrogens (tertiary/aromatic N) is 1. The highest BCUT2D eigenvalue weighted by Crippen LogP contribution is 2.21. The number of halogens is 2. The zero-order valence-corrected chi connectivity index (χ0v) is 18.4. The number of para-hydroxylation sites is 1. The molecule has 0 saturated carbocycles. The third-order valence-corrected chi connectivity index (χ3v) is 6.22. The van der Waals surface area contributed by atoms with E-state index in [0.29, 0.717) is 0 Å². The van der Waals surface area contributed by atoms with E-state index in [-0.39, 0.29) is 34.6 Å². The second kappa shape index (κ2) is 9.88. The zero-order valence-electron chi connectivity index (χ0n) is 17.5. The standard InChI is InChI=1S/C23H23F2N3O3S/c1-28(2)22(16-10-12-18(24)13-11-16)15-26-23(29)17-6-5-7-19(14-17)32(30,31)27-21-9-4-3-8-20(21)25/h3-14,22,27H,15H2,1-2H3,(H,26,29). The van der Waals surface area contributed by atoms with Gasteiger partial charge in [0.05, 0.1) is 16.6 Å². The summed E-state index contributed by atoms with van der Waals surface area (Å²) in [5.74, 6) is -1.53. The molecule has 0 fully saturated rings. The Morgan fingerprint density at radius 1 is 0.969 bits per heavy atom. The van der Waals surface area contributed by atoms with Crippen LogP contribution >= 0.6 is 0 Å². The maximum Gasteiger partial charge on any atom is 0.262 e. The molecular weight excluding hydrogens is 436 g/mol. The number of amides is 1. The van der Waals surface area contributed by atoms with Crippen molar-refractivity contribution in [2.75, 3.05) is 25.4 Å². The lowest BCUT2D eigenvalue weighted by molar-refractivity contribution is 0.0941. The highest BCUT2D eigenvalue weighted by molar-refractivity contribution is 7.92. The van der Waals surface area contributed by atoms with Gasteiger partial charge in [-0.15, -0.1) is 0 Å². The van der Waals surface area contributed by atoms with Crippen molar-refractivity contribution in [3.05, 3.63) is 95.6 Å². The molecule has 1 unspecified atom stereocenters. The number of hydrogen-bond acceptors (Lipinski definition) is 4. The number of rotatable bonds is 8. The molecule has 0 aliphatic heterocycles. The van der Waals surface area contributed by atoms with Crippen molar-refractivity contribution >= 4 is 21.6 Å². The Balaban J connectivity index is 1.74. The van der Waals surface area contributed by atoms with Crippen molar-refractivity contribution in [3.63, 3.8) is 0 Å². The minimum atomic E-state index is -4.10. The monoisotopic (exact) mass is 459 g/mol. The van der Waals surface area contributed by atoms with Crippen LogP contribution in [0, 0.1) is 11.6 Å².